The van der Waals surface area contributed by atoms with Crippen LogP contribution in [-0.2, 0) is 0 Å². The number of nitrogens with two attached hydrogens (primary N) is 1. The quantitative estimate of drug-likeness (QED) is 0.659. The Hall–Kier alpha value is -2.14. The minimum atomic E-state index is -0.0164. The number of rotatable bonds is 4. The van der Waals surface area contributed by atoms with E-state index in [0.717, 1.165) is 29.4 Å². The number of aromatic nitrogens is 1. The third-order valence-electron chi connectivity index (χ3n) is 3.68. The van der Waals surface area contributed by atoms with E-state index in [1.54, 1.807) is 6.07 Å². The lowest BCUT2D eigenvalue weighted by Crippen LogP contribution is -2.33. The van der Waals surface area contributed by atoms with Gasteiger partial charge in [0.1, 0.15) is 5.69 Å². The van der Waals surface area contributed by atoms with Crippen molar-refractivity contribution in [2.45, 2.75) is 25.8 Å². The first kappa shape index (κ1) is 12.9. The number of amides is 1. The highest BCUT2D eigenvalue weighted by Crippen LogP contribution is 2.29. The molecular formula is C15H18N4O. The summed E-state index contributed by atoms with van der Waals surface area (Å²) < 4.78 is 0. The molecule has 0 atom stereocenters. The second-order valence-electron chi connectivity index (χ2n) is 5.04. The SMILES string of the molecule is CCN(C(=O)c1cc(NN)c2ccccc2n1)C1CC1. The number of nitrogen functional groups attached to an aromatic ring is 1. The first-order valence-electron chi connectivity index (χ1n) is 6.92. The molecule has 1 saturated carbocycles. The standard InChI is InChI=1S/C15H18N4O/c1-2-19(10-7-8-10)15(20)14-9-13(18-16)11-5-3-4-6-12(11)17-14/h3-6,9-10H,2,7-8,16H2,1H3,(H,17,18). The summed E-state index contributed by atoms with van der Waals surface area (Å²) in [7, 11) is 0. The number of benzene rings is 1. The molecule has 5 heteroatoms. The topological polar surface area (TPSA) is 71.2 Å². The molecule has 1 heterocycles. The fourth-order valence-corrected chi connectivity index (χ4v) is 2.51. The monoisotopic (exact) mass is 270 g/mol. The Kier molecular flexibility index (Phi) is 3.28. The Balaban J connectivity index is 2.04. The predicted molar refractivity (Wildman–Crippen MR) is 79.3 cm³/mol. The zero-order valence-corrected chi connectivity index (χ0v) is 11.5. The number of pyridine rings is 1. The fraction of sp³-hybridized carbons (Fsp3) is 0.333. The molecule has 1 aliphatic rings. The lowest BCUT2D eigenvalue weighted by atomic mass is 10.1. The van der Waals surface area contributed by atoms with Crippen LogP contribution in [0, 0.1) is 0 Å². The summed E-state index contributed by atoms with van der Waals surface area (Å²) in [5, 5.41) is 0.918. The zero-order chi connectivity index (χ0) is 14.1. The van der Waals surface area contributed by atoms with E-state index in [0.29, 0.717) is 18.3 Å². The van der Waals surface area contributed by atoms with E-state index in [2.05, 4.69) is 10.4 Å². The number of nitrogens with zero attached hydrogens (tertiary/aromatic N) is 2. The highest BCUT2D eigenvalue weighted by atomic mass is 16.2. The third-order valence-corrected chi connectivity index (χ3v) is 3.68. The number of nitrogens with one attached hydrogen (secondary N) is 1. The smallest absolute Gasteiger partial charge is 0.272 e. The number of anilines is 1. The Morgan fingerprint density at radius 3 is 2.85 bits per heavy atom. The summed E-state index contributed by atoms with van der Waals surface area (Å²) in [4.78, 5) is 18.9. The maximum absolute atomic E-state index is 12.6. The molecule has 0 saturated heterocycles. The van der Waals surface area contributed by atoms with Gasteiger partial charge in [-0.2, -0.15) is 0 Å². The summed E-state index contributed by atoms with van der Waals surface area (Å²) in [5.74, 6) is 5.55. The largest absolute Gasteiger partial charge is 0.335 e. The molecule has 1 amide bonds. The van der Waals surface area contributed by atoms with Gasteiger partial charge in [0.15, 0.2) is 0 Å². The van der Waals surface area contributed by atoms with E-state index >= 15 is 0 Å². The van der Waals surface area contributed by atoms with Crippen LogP contribution in [0.4, 0.5) is 5.69 Å². The number of hydrogen-bond acceptors (Lipinski definition) is 4. The van der Waals surface area contributed by atoms with Gasteiger partial charge in [-0.1, -0.05) is 18.2 Å². The molecule has 3 rings (SSSR count). The summed E-state index contributed by atoms with van der Waals surface area (Å²) in [5.41, 5.74) is 4.61. The van der Waals surface area contributed by atoms with Crippen molar-refractivity contribution in [3.05, 3.63) is 36.0 Å². The van der Waals surface area contributed by atoms with E-state index in [1.165, 1.54) is 0 Å². The molecule has 1 aromatic carbocycles. The van der Waals surface area contributed by atoms with Crippen LogP contribution in [0.2, 0.25) is 0 Å². The van der Waals surface area contributed by atoms with Crippen molar-refractivity contribution in [3.8, 4) is 0 Å². The van der Waals surface area contributed by atoms with Crippen molar-refractivity contribution in [3.63, 3.8) is 0 Å². The van der Waals surface area contributed by atoms with E-state index < -0.39 is 0 Å². The zero-order valence-electron chi connectivity index (χ0n) is 11.5. The van der Waals surface area contributed by atoms with E-state index in [1.807, 2.05) is 36.1 Å². The van der Waals surface area contributed by atoms with Crippen molar-refractivity contribution in [2.75, 3.05) is 12.0 Å². The van der Waals surface area contributed by atoms with Crippen molar-refractivity contribution in [1.29, 1.82) is 0 Å². The molecule has 0 radical (unpaired) electrons. The molecule has 0 spiro atoms. The number of hydrogen-bond donors (Lipinski definition) is 2. The van der Waals surface area contributed by atoms with Crippen LogP contribution in [0.15, 0.2) is 30.3 Å². The van der Waals surface area contributed by atoms with Crippen molar-refractivity contribution in [2.24, 2.45) is 5.84 Å². The molecule has 2 aromatic rings. The molecule has 5 nitrogen and oxygen atoms in total. The van der Waals surface area contributed by atoms with Gasteiger partial charge in [0.05, 0.1) is 11.2 Å². The van der Waals surface area contributed by atoms with Crippen LogP contribution >= 0.6 is 0 Å². The highest BCUT2D eigenvalue weighted by molar-refractivity contribution is 5.99. The Labute approximate surface area is 117 Å². The Bertz CT molecular complexity index is 651. The Morgan fingerprint density at radius 1 is 1.45 bits per heavy atom. The maximum atomic E-state index is 12.6. The number of carbonyl (C=O) groups is 1. The van der Waals surface area contributed by atoms with Gasteiger partial charge in [0.25, 0.3) is 5.91 Å². The highest BCUT2D eigenvalue weighted by Gasteiger charge is 2.32. The lowest BCUT2D eigenvalue weighted by molar-refractivity contribution is 0.0747. The van der Waals surface area contributed by atoms with Gasteiger partial charge in [-0.25, -0.2) is 4.98 Å². The summed E-state index contributed by atoms with van der Waals surface area (Å²) in [6, 6.07) is 9.77. The molecule has 3 N–H and O–H groups in total. The average Bonchev–Trinajstić information content (AvgIpc) is 3.31. The first-order valence-corrected chi connectivity index (χ1v) is 6.92. The van der Waals surface area contributed by atoms with Gasteiger partial charge in [0, 0.05) is 18.0 Å². The second-order valence-corrected chi connectivity index (χ2v) is 5.04. The number of hydrazine groups is 1. The number of para-hydroxylation sites is 1. The van der Waals surface area contributed by atoms with Crippen molar-refractivity contribution < 1.29 is 4.79 Å². The Morgan fingerprint density at radius 2 is 2.20 bits per heavy atom. The molecule has 0 unspecified atom stereocenters. The van der Waals surface area contributed by atoms with Gasteiger partial charge in [-0.3, -0.25) is 10.6 Å². The van der Waals surface area contributed by atoms with Crippen LogP contribution < -0.4 is 11.3 Å². The first-order chi connectivity index (χ1) is 9.74. The van der Waals surface area contributed by atoms with Crippen LogP contribution in [0.3, 0.4) is 0 Å². The van der Waals surface area contributed by atoms with Gasteiger partial charge >= 0.3 is 0 Å². The third kappa shape index (κ3) is 2.20. The normalized spacial score (nSPS) is 14.3. The molecular weight excluding hydrogens is 252 g/mol. The van der Waals surface area contributed by atoms with Gasteiger partial charge in [-0.05, 0) is 31.9 Å². The lowest BCUT2D eigenvalue weighted by Gasteiger charge is -2.20. The molecule has 104 valence electrons. The summed E-state index contributed by atoms with van der Waals surface area (Å²) in [6.45, 7) is 2.71. The van der Waals surface area contributed by atoms with Gasteiger partial charge in [0.2, 0.25) is 0 Å². The summed E-state index contributed by atoms with van der Waals surface area (Å²) >= 11 is 0. The van der Waals surface area contributed by atoms with Crippen LogP contribution in [0.25, 0.3) is 10.9 Å². The molecule has 1 aromatic heterocycles. The van der Waals surface area contributed by atoms with E-state index in [4.69, 9.17) is 5.84 Å². The fourth-order valence-electron chi connectivity index (χ4n) is 2.51. The van der Waals surface area contributed by atoms with E-state index in [-0.39, 0.29) is 5.91 Å². The average molecular weight is 270 g/mol. The van der Waals surface area contributed by atoms with Gasteiger partial charge in [-0.15, -0.1) is 0 Å². The molecule has 20 heavy (non-hydrogen) atoms. The van der Waals surface area contributed by atoms with Crippen LogP contribution in [-0.4, -0.2) is 28.4 Å². The molecule has 0 aliphatic heterocycles. The van der Waals surface area contributed by atoms with Crippen molar-refractivity contribution in [1.82, 2.24) is 9.88 Å². The summed E-state index contributed by atoms with van der Waals surface area (Å²) in [6.07, 6.45) is 2.18. The number of carbonyl (C=O) groups excluding carboxylic acids is 1. The van der Waals surface area contributed by atoms with E-state index in [9.17, 15) is 4.79 Å². The number of fused-ring (bicyclic) bond motifs is 1. The molecule has 1 aliphatic carbocycles. The van der Waals surface area contributed by atoms with Gasteiger partial charge < -0.3 is 10.3 Å². The molecule has 1 fully saturated rings. The molecule has 0 bridgehead atoms. The second kappa shape index (κ2) is 5.09. The van der Waals surface area contributed by atoms with Crippen LogP contribution in [0.5, 0.6) is 0 Å². The maximum Gasteiger partial charge on any atom is 0.272 e. The minimum Gasteiger partial charge on any atom is -0.335 e. The van der Waals surface area contributed by atoms with Crippen LogP contribution in [0.1, 0.15) is 30.3 Å². The predicted octanol–water partition coefficient (Wildman–Crippen LogP) is 2.14. The van der Waals surface area contributed by atoms with Crippen molar-refractivity contribution >= 4 is 22.5 Å². The minimum absolute atomic E-state index is 0.0164.